The van der Waals surface area contributed by atoms with E-state index < -0.39 is 29.1 Å². The molecule has 2 aromatic rings. The fourth-order valence-electron chi connectivity index (χ4n) is 3.93. The number of aliphatic hydroxyl groups excluding tert-OH is 1. The number of alkyl halides is 3. The van der Waals surface area contributed by atoms with Crippen LogP contribution in [0.25, 0.3) is 5.69 Å². The number of pyridine rings is 1. The van der Waals surface area contributed by atoms with Crippen LogP contribution >= 0.6 is 0 Å². The number of aromatic nitrogens is 1. The lowest BCUT2D eigenvalue weighted by molar-refractivity contribution is -0.137. The van der Waals surface area contributed by atoms with Gasteiger partial charge in [0.2, 0.25) is 0 Å². The van der Waals surface area contributed by atoms with Crippen LogP contribution < -0.4 is 5.56 Å². The van der Waals surface area contributed by atoms with Crippen LogP contribution in [0.5, 0.6) is 0 Å². The second-order valence-electron chi connectivity index (χ2n) is 8.30. The van der Waals surface area contributed by atoms with Crippen LogP contribution in [0.4, 0.5) is 13.2 Å². The number of nitrogens with zero attached hydrogens (tertiary/aromatic N) is 4. The number of carbonyl (C=O) groups excluding carboxylic acids is 2. The first-order valence-electron chi connectivity index (χ1n) is 10.7. The average Bonchev–Trinajstić information content (AvgIpc) is 2.79. The van der Waals surface area contributed by atoms with E-state index in [1.54, 1.807) is 0 Å². The zero-order chi connectivity index (χ0) is 25.2. The first-order valence-corrected chi connectivity index (χ1v) is 10.7. The number of hydrogen-bond acceptors (Lipinski definition) is 5. The van der Waals surface area contributed by atoms with Crippen LogP contribution in [0.1, 0.15) is 32.0 Å². The zero-order valence-electron chi connectivity index (χ0n) is 19.2. The predicted molar refractivity (Wildman–Crippen MR) is 119 cm³/mol. The molecule has 11 heteroatoms. The monoisotopic (exact) mass is 480 g/mol. The minimum Gasteiger partial charge on any atom is -0.395 e. The Hall–Kier alpha value is -3.18. The van der Waals surface area contributed by atoms with Gasteiger partial charge >= 0.3 is 6.18 Å². The van der Waals surface area contributed by atoms with Gasteiger partial charge in [0, 0.05) is 58.2 Å². The summed E-state index contributed by atoms with van der Waals surface area (Å²) in [5.41, 5.74) is -1.95. The Labute approximate surface area is 194 Å². The van der Waals surface area contributed by atoms with Crippen molar-refractivity contribution in [3.63, 3.8) is 0 Å². The highest BCUT2D eigenvalue weighted by atomic mass is 19.4. The molecule has 1 aliphatic rings. The van der Waals surface area contributed by atoms with Gasteiger partial charge in [0.05, 0.1) is 17.7 Å². The Morgan fingerprint density at radius 1 is 1.06 bits per heavy atom. The maximum absolute atomic E-state index is 13.4. The van der Waals surface area contributed by atoms with Gasteiger partial charge in [0.25, 0.3) is 17.4 Å². The minimum atomic E-state index is -4.63. The lowest BCUT2D eigenvalue weighted by Crippen LogP contribution is -2.50. The highest BCUT2D eigenvalue weighted by Gasteiger charge is 2.32. The van der Waals surface area contributed by atoms with Crippen molar-refractivity contribution in [3.8, 4) is 5.69 Å². The molecule has 0 aliphatic carbocycles. The molecule has 1 saturated heterocycles. The lowest BCUT2D eigenvalue weighted by Gasteiger charge is -2.34. The van der Waals surface area contributed by atoms with E-state index in [0.717, 1.165) is 16.7 Å². The minimum absolute atomic E-state index is 0.0103. The Bertz CT molecular complexity index is 1140. The number of aliphatic hydroxyl groups is 1. The number of carbonyl (C=O) groups is 2. The molecule has 1 aromatic heterocycles. The van der Waals surface area contributed by atoms with Gasteiger partial charge in [-0.2, -0.15) is 13.2 Å². The molecule has 1 aromatic carbocycles. The summed E-state index contributed by atoms with van der Waals surface area (Å²) >= 11 is 0. The summed E-state index contributed by atoms with van der Waals surface area (Å²) < 4.78 is 40.9. The van der Waals surface area contributed by atoms with Crippen LogP contribution in [0.15, 0.2) is 35.1 Å². The molecule has 184 valence electrons. The summed E-state index contributed by atoms with van der Waals surface area (Å²) in [5, 5.41) is 9.10. The molecule has 1 fully saturated rings. The molecule has 0 unspecified atom stereocenters. The van der Waals surface area contributed by atoms with E-state index in [1.807, 2.05) is 4.90 Å². The second-order valence-corrected chi connectivity index (χ2v) is 8.30. The molecule has 34 heavy (non-hydrogen) atoms. The number of β-amino-alcohol motifs (C(OH)–C–C–N with tert-alkyl or cyclic N) is 1. The quantitative estimate of drug-likeness (QED) is 0.703. The molecule has 1 aliphatic heterocycles. The molecule has 3 rings (SSSR count). The molecular weight excluding hydrogens is 453 g/mol. The first-order chi connectivity index (χ1) is 16.0. The number of halogens is 3. The van der Waals surface area contributed by atoms with Gasteiger partial charge in [-0.3, -0.25) is 23.9 Å². The van der Waals surface area contributed by atoms with Crippen LogP contribution in [0, 0.1) is 6.92 Å². The van der Waals surface area contributed by atoms with Gasteiger partial charge in [-0.25, -0.2) is 0 Å². The summed E-state index contributed by atoms with van der Waals surface area (Å²) in [6, 6.07) is 5.44. The standard InChI is InChI=1S/C23H27F3N4O4/c1-15-18(20(32)27(2)3)14-19(21(33)29-9-7-28(8-10-29)11-12-31)22(34)30(15)17-6-4-5-16(13-17)23(24,25)26/h4-6,13-14,31H,7-12H2,1-3H3. The molecule has 0 saturated carbocycles. The lowest BCUT2D eigenvalue weighted by atomic mass is 10.1. The third-order valence-electron chi connectivity index (χ3n) is 5.82. The van der Waals surface area contributed by atoms with Crippen LogP contribution in [0.3, 0.4) is 0 Å². The summed E-state index contributed by atoms with van der Waals surface area (Å²) in [7, 11) is 3.01. The summed E-state index contributed by atoms with van der Waals surface area (Å²) in [5.74, 6) is -1.08. The Morgan fingerprint density at radius 3 is 2.26 bits per heavy atom. The van der Waals surface area contributed by atoms with Crippen molar-refractivity contribution in [1.29, 1.82) is 0 Å². The van der Waals surface area contributed by atoms with Gasteiger partial charge in [-0.15, -0.1) is 0 Å². The third kappa shape index (κ3) is 5.15. The maximum Gasteiger partial charge on any atom is 0.416 e. The van der Waals surface area contributed by atoms with Gasteiger partial charge in [-0.1, -0.05) is 6.07 Å². The van der Waals surface area contributed by atoms with E-state index in [-0.39, 0.29) is 29.1 Å². The van der Waals surface area contributed by atoms with Crippen molar-refractivity contribution in [2.75, 3.05) is 53.4 Å². The molecule has 0 spiro atoms. The molecule has 0 radical (unpaired) electrons. The van der Waals surface area contributed by atoms with Gasteiger partial charge in [0.15, 0.2) is 0 Å². The van der Waals surface area contributed by atoms with Crippen LogP contribution in [-0.2, 0) is 6.18 Å². The number of piperazine rings is 1. The van der Waals surface area contributed by atoms with Crippen molar-refractivity contribution < 1.29 is 27.9 Å². The molecule has 0 atom stereocenters. The summed E-state index contributed by atoms with van der Waals surface area (Å²) in [6.45, 7) is 3.55. The number of amides is 2. The smallest absolute Gasteiger partial charge is 0.395 e. The second kappa shape index (κ2) is 9.98. The highest BCUT2D eigenvalue weighted by Crippen LogP contribution is 2.30. The normalized spacial score (nSPS) is 14.9. The highest BCUT2D eigenvalue weighted by molar-refractivity contribution is 6.00. The van der Waals surface area contributed by atoms with Gasteiger partial charge in [-0.05, 0) is 31.2 Å². The van der Waals surface area contributed by atoms with Crippen molar-refractivity contribution in [1.82, 2.24) is 19.3 Å². The Balaban J connectivity index is 2.13. The molecule has 0 bridgehead atoms. The molecule has 2 heterocycles. The van der Waals surface area contributed by atoms with E-state index in [4.69, 9.17) is 5.11 Å². The van der Waals surface area contributed by atoms with E-state index in [2.05, 4.69) is 0 Å². The van der Waals surface area contributed by atoms with E-state index in [0.29, 0.717) is 32.7 Å². The van der Waals surface area contributed by atoms with Crippen LogP contribution in [-0.4, -0.2) is 89.6 Å². The van der Waals surface area contributed by atoms with Crippen molar-refractivity contribution >= 4 is 11.8 Å². The number of benzene rings is 1. The topological polar surface area (TPSA) is 86.1 Å². The largest absolute Gasteiger partial charge is 0.416 e. The van der Waals surface area contributed by atoms with Crippen molar-refractivity contribution in [2.45, 2.75) is 13.1 Å². The fourth-order valence-corrected chi connectivity index (χ4v) is 3.93. The van der Waals surface area contributed by atoms with Crippen molar-refractivity contribution in [3.05, 3.63) is 63.1 Å². The van der Waals surface area contributed by atoms with E-state index >= 15 is 0 Å². The number of hydrogen-bond donors (Lipinski definition) is 1. The Kier molecular flexibility index (Phi) is 7.47. The molecule has 8 nitrogen and oxygen atoms in total. The predicted octanol–water partition coefficient (Wildman–Crippen LogP) is 1.62. The van der Waals surface area contributed by atoms with E-state index in [1.165, 1.54) is 49.0 Å². The van der Waals surface area contributed by atoms with Crippen LogP contribution in [0.2, 0.25) is 0 Å². The fraction of sp³-hybridized carbons (Fsp3) is 0.435. The summed E-state index contributed by atoms with van der Waals surface area (Å²) in [4.78, 5) is 44.2. The maximum atomic E-state index is 13.4. The van der Waals surface area contributed by atoms with Crippen molar-refractivity contribution in [2.24, 2.45) is 0 Å². The molecular formula is C23H27F3N4O4. The van der Waals surface area contributed by atoms with Gasteiger partial charge in [0.1, 0.15) is 5.56 Å². The number of rotatable bonds is 5. The zero-order valence-corrected chi connectivity index (χ0v) is 19.2. The summed E-state index contributed by atoms with van der Waals surface area (Å²) in [6.07, 6.45) is -4.63. The molecule has 1 N–H and O–H groups in total. The van der Waals surface area contributed by atoms with Gasteiger partial charge < -0.3 is 14.9 Å². The Morgan fingerprint density at radius 2 is 1.71 bits per heavy atom. The SMILES string of the molecule is Cc1c(C(=O)N(C)C)cc(C(=O)N2CCN(CCO)CC2)c(=O)n1-c1cccc(C(F)(F)F)c1. The van der Waals surface area contributed by atoms with E-state index in [9.17, 15) is 27.6 Å². The average molecular weight is 480 g/mol. The first kappa shape index (κ1) is 25.4. The third-order valence-corrected chi connectivity index (χ3v) is 5.82. The molecule has 2 amide bonds.